The molecule has 0 aromatic carbocycles. The summed E-state index contributed by atoms with van der Waals surface area (Å²) >= 11 is 0. The monoisotopic (exact) mass is 232 g/mol. The van der Waals surface area contributed by atoms with E-state index < -0.39 is 18.1 Å². The molecule has 0 aliphatic heterocycles. The summed E-state index contributed by atoms with van der Waals surface area (Å²) in [6.07, 6.45) is 3.50. The third-order valence-corrected chi connectivity index (χ3v) is 2.57. The van der Waals surface area contributed by atoms with E-state index in [0.717, 1.165) is 19.3 Å². The van der Waals surface area contributed by atoms with Crippen molar-refractivity contribution >= 4 is 5.97 Å². The molecule has 0 fully saturated rings. The van der Waals surface area contributed by atoms with Gasteiger partial charge in [-0.1, -0.05) is 19.8 Å². The number of aliphatic carboxylic acids is 1. The number of carboxylic acids is 1. The summed E-state index contributed by atoms with van der Waals surface area (Å²) < 4.78 is 0. The first kappa shape index (κ1) is 15.3. The predicted octanol–water partition coefficient (Wildman–Crippen LogP) is 0.319. The van der Waals surface area contributed by atoms with Crippen molar-refractivity contribution in [2.45, 2.75) is 51.2 Å². The van der Waals surface area contributed by atoms with Crippen molar-refractivity contribution in [2.24, 2.45) is 5.73 Å². The molecule has 0 bridgehead atoms. The standard InChI is InChI=1S/C11H24N2O3/c1-2-9(14)8-13-10(11(15)16)6-4-3-5-7-12/h9-10,13-14H,2-8,12H2,1H3,(H,15,16). The number of hydrogen-bond donors (Lipinski definition) is 4. The van der Waals surface area contributed by atoms with E-state index in [2.05, 4.69) is 5.32 Å². The van der Waals surface area contributed by atoms with Crippen LogP contribution in [0.2, 0.25) is 0 Å². The number of hydrogen-bond acceptors (Lipinski definition) is 4. The molecule has 2 unspecified atom stereocenters. The van der Waals surface area contributed by atoms with Gasteiger partial charge < -0.3 is 21.3 Å². The van der Waals surface area contributed by atoms with E-state index in [-0.39, 0.29) is 0 Å². The maximum Gasteiger partial charge on any atom is 0.320 e. The normalized spacial score (nSPS) is 14.7. The lowest BCUT2D eigenvalue weighted by Crippen LogP contribution is -2.40. The Bertz CT molecular complexity index is 188. The molecule has 0 saturated heterocycles. The van der Waals surface area contributed by atoms with Crippen LogP contribution in [0.5, 0.6) is 0 Å². The Kier molecular flexibility index (Phi) is 9.18. The van der Waals surface area contributed by atoms with Crippen molar-refractivity contribution in [3.63, 3.8) is 0 Å². The summed E-state index contributed by atoms with van der Waals surface area (Å²) in [7, 11) is 0. The topological polar surface area (TPSA) is 95.6 Å². The average Bonchev–Trinajstić information content (AvgIpc) is 2.27. The van der Waals surface area contributed by atoms with Gasteiger partial charge in [-0.2, -0.15) is 0 Å². The van der Waals surface area contributed by atoms with E-state index >= 15 is 0 Å². The van der Waals surface area contributed by atoms with Gasteiger partial charge in [-0.05, 0) is 25.8 Å². The van der Waals surface area contributed by atoms with E-state index in [4.69, 9.17) is 10.8 Å². The summed E-state index contributed by atoms with van der Waals surface area (Å²) in [5, 5.41) is 21.1. The van der Waals surface area contributed by atoms with Crippen LogP contribution in [0.25, 0.3) is 0 Å². The lowest BCUT2D eigenvalue weighted by molar-refractivity contribution is -0.139. The molecule has 0 saturated carbocycles. The zero-order chi connectivity index (χ0) is 12.4. The second kappa shape index (κ2) is 9.57. The van der Waals surface area contributed by atoms with Crippen LogP contribution in [0.15, 0.2) is 0 Å². The zero-order valence-corrected chi connectivity index (χ0v) is 9.98. The number of carbonyl (C=O) groups is 1. The van der Waals surface area contributed by atoms with E-state index in [9.17, 15) is 9.90 Å². The van der Waals surface area contributed by atoms with E-state index in [1.807, 2.05) is 6.92 Å². The fraction of sp³-hybridized carbons (Fsp3) is 0.909. The molecule has 5 heteroatoms. The van der Waals surface area contributed by atoms with Crippen molar-refractivity contribution in [3.05, 3.63) is 0 Å². The van der Waals surface area contributed by atoms with Crippen molar-refractivity contribution in [2.75, 3.05) is 13.1 Å². The van der Waals surface area contributed by atoms with Crippen LogP contribution in [-0.2, 0) is 4.79 Å². The van der Waals surface area contributed by atoms with Crippen molar-refractivity contribution in [1.29, 1.82) is 0 Å². The Labute approximate surface area is 97.0 Å². The lowest BCUT2D eigenvalue weighted by Gasteiger charge is -2.16. The Morgan fingerprint density at radius 3 is 2.56 bits per heavy atom. The van der Waals surface area contributed by atoms with Gasteiger partial charge in [0.25, 0.3) is 0 Å². The summed E-state index contributed by atoms with van der Waals surface area (Å²) in [4.78, 5) is 10.9. The third kappa shape index (κ3) is 7.62. The first-order valence-corrected chi connectivity index (χ1v) is 5.96. The molecular formula is C11H24N2O3. The molecule has 0 rings (SSSR count). The van der Waals surface area contributed by atoms with Gasteiger partial charge in [0, 0.05) is 6.54 Å². The predicted molar refractivity (Wildman–Crippen MR) is 63.2 cm³/mol. The molecule has 0 aliphatic rings. The van der Waals surface area contributed by atoms with Crippen LogP contribution < -0.4 is 11.1 Å². The van der Waals surface area contributed by atoms with Gasteiger partial charge in [0.2, 0.25) is 0 Å². The molecule has 0 amide bonds. The Hall–Kier alpha value is -0.650. The highest BCUT2D eigenvalue weighted by Gasteiger charge is 2.16. The number of aliphatic hydroxyl groups excluding tert-OH is 1. The van der Waals surface area contributed by atoms with Crippen molar-refractivity contribution in [1.82, 2.24) is 5.32 Å². The number of nitrogens with one attached hydrogen (secondary N) is 1. The van der Waals surface area contributed by atoms with Crippen molar-refractivity contribution in [3.8, 4) is 0 Å². The van der Waals surface area contributed by atoms with Crippen LogP contribution in [0, 0.1) is 0 Å². The molecule has 0 spiro atoms. The summed E-state index contributed by atoms with van der Waals surface area (Å²) in [5.74, 6) is -0.851. The van der Waals surface area contributed by atoms with Crippen LogP contribution in [0.4, 0.5) is 0 Å². The molecule has 96 valence electrons. The molecule has 0 aromatic rings. The van der Waals surface area contributed by atoms with Gasteiger partial charge in [0.15, 0.2) is 0 Å². The van der Waals surface area contributed by atoms with Gasteiger partial charge in [0.1, 0.15) is 6.04 Å². The SMILES string of the molecule is CCC(O)CNC(CCCCCN)C(=O)O. The van der Waals surface area contributed by atoms with Crippen LogP contribution in [0.3, 0.4) is 0 Å². The number of aliphatic hydroxyl groups is 1. The lowest BCUT2D eigenvalue weighted by atomic mass is 10.1. The molecule has 0 heterocycles. The molecule has 2 atom stereocenters. The zero-order valence-electron chi connectivity index (χ0n) is 9.98. The van der Waals surface area contributed by atoms with Gasteiger partial charge in [0.05, 0.1) is 6.10 Å². The smallest absolute Gasteiger partial charge is 0.320 e. The van der Waals surface area contributed by atoms with E-state index in [0.29, 0.717) is 25.9 Å². The quantitative estimate of drug-likeness (QED) is 0.407. The Morgan fingerprint density at radius 2 is 2.06 bits per heavy atom. The number of carboxylic acid groups (broad SMARTS) is 1. The highest BCUT2D eigenvalue weighted by Crippen LogP contribution is 2.04. The fourth-order valence-electron chi connectivity index (χ4n) is 1.41. The van der Waals surface area contributed by atoms with E-state index in [1.165, 1.54) is 0 Å². The first-order valence-electron chi connectivity index (χ1n) is 5.96. The second-order valence-electron chi connectivity index (χ2n) is 4.00. The molecule has 0 aromatic heterocycles. The van der Waals surface area contributed by atoms with Gasteiger partial charge in [-0.3, -0.25) is 4.79 Å². The maximum atomic E-state index is 10.9. The number of rotatable bonds is 10. The summed E-state index contributed by atoms with van der Waals surface area (Å²) in [6, 6.07) is -0.557. The molecule has 5 N–H and O–H groups in total. The first-order chi connectivity index (χ1) is 7.61. The Morgan fingerprint density at radius 1 is 1.38 bits per heavy atom. The minimum absolute atomic E-state index is 0.338. The maximum absolute atomic E-state index is 10.9. The van der Waals surface area contributed by atoms with Crippen LogP contribution >= 0.6 is 0 Å². The van der Waals surface area contributed by atoms with Crippen molar-refractivity contribution < 1.29 is 15.0 Å². The van der Waals surface area contributed by atoms with Crippen LogP contribution in [0.1, 0.15) is 39.0 Å². The molecular weight excluding hydrogens is 208 g/mol. The second-order valence-corrected chi connectivity index (χ2v) is 4.00. The highest BCUT2D eigenvalue weighted by molar-refractivity contribution is 5.73. The summed E-state index contributed by atoms with van der Waals surface area (Å²) in [6.45, 7) is 2.85. The van der Waals surface area contributed by atoms with Crippen LogP contribution in [-0.4, -0.2) is 41.4 Å². The molecule has 5 nitrogen and oxygen atoms in total. The molecule has 0 radical (unpaired) electrons. The van der Waals surface area contributed by atoms with Gasteiger partial charge in [-0.25, -0.2) is 0 Å². The average molecular weight is 232 g/mol. The van der Waals surface area contributed by atoms with Gasteiger partial charge in [-0.15, -0.1) is 0 Å². The number of nitrogens with two attached hydrogens (primary N) is 1. The third-order valence-electron chi connectivity index (χ3n) is 2.57. The Balaban J connectivity index is 3.75. The largest absolute Gasteiger partial charge is 0.480 e. The molecule has 0 aliphatic carbocycles. The van der Waals surface area contributed by atoms with E-state index in [1.54, 1.807) is 0 Å². The molecule has 16 heavy (non-hydrogen) atoms. The minimum Gasteiger partial charge on any atom is -0.480 e. The number of unbranched alkanes of at least 4 members (excludes halogenated alkanes) is 2. The minimum atomic E-state index is -0.851. The summed E-state index contributed by atoms with van der Waals surface area (Å²) in [5.41, 5.74) is 5.36. The highest BCUT2D eigenvalue weighted by atomic mass is 16.4. The van der Waals surface area contributed by atoms with Gasteiger partial charge >= 0.3 is 5.97 Å². The fourth-order valence-corrected chi connectivity index (χ4v) is 1.41.